The molecule has 8 heteroatoms. The molecule has 3 aromatic carbocycles. The van der Waals surface area contributed by atoms with Crippen molar-refractivity contribution in [3.63, 3.8) is 0 Å². The molecular weight excluding hydrogens is 470 g/mol. The topological polar surface area (TPSA) is 130 Å². The lowest BCUT2D eigenvalue weighted by Crippen LogP contribution is -2.54. The Morgan fingerprint density at radius 2 is 1.49 bits per heavy atom. The molecule has 192 valence electrons. The summed E-state index contributed by atoms with van der Waals surface area (Å²) in [5.74, 6) is -5.68. The van der Waals surface area contributed by atoms with Gasteiger partial charge in [-0.2, -0.15) is 0 Å². The van der Waals surface area contributed by atoms with Crippen LogP contribution in [0.3, 0.4) is 0 Å². The number of nitrogens with zero attached hydrogens (tertiary/aromatic N) is 1. The third-order valence-corrected chi connectivity index (χ3v) is 7.15. The highest BCUT2D eigenvalue weighted by molar-refractivity contribution is 6.23. The number of carboxylic acid groups (broad SMARTS) is 1. The lowest BCUT2D eigenvalue weighted by Gasteiger charge is -2.34. The second-order valence-corrected chi connectivity index (χ2v) is 9.54. The number of nitrogens with one attached hydrogen (secondary N) is 1. The highest BCUT2D eigenvalue weighted by atomic mass is 16.4. The molecule has 2 unspecified atom stereocenters. The Morgan fingerprint density at radius 3 is 2.00 bits per heavy atom. The minimum atomic E-state index is -1.22. The maximum atomic E-state index is 13.3. The molecule has 0 spiro atoms. The van der Waals surface area contributed by atoms with Crippen molar-refractivity contribution in [1.29, 1.82) is 0 Å². The quantitative estimate of drug-likeness (QED) is 0.363. The highest BCUT2D eigenvalue weighted by Gasteiger charge is 2.46. The van der Waals surface area contributed by atoms with Crippen LogP contribution in [0.2, 0.25) is 0 Å². The van der Waals surface area contributed by atoms with Gasteiger partial charge in [-0.1, -0.05) is 74.9 Å². The van der Waals surface area contributed by atoms with Crippen LogP contribution in [0.1, 0.15) is 53.0 Å². The fourth-order valence-electron chi connectivity index (χ4n) is 5.13. The number of nitrogens with two attached hydrogens (primary N) is 1. The molecule has 37 heavy (non-hydrogen) atoms. The Labute approximate surface area is 215 Å². The monoisotopic (exact) mass is 501 g/mol. The Kier molecular flexibility index (Phi) is 7.69. The Hall–Kier alpha value is -4.04. The van der Waals surface area contributed by atoms with Gasteiger partial charge in [0.15, 0.2) is 0 Å². The summed E-state index contributed by atoms with van der Waals surface area (Å²) in [5, 5.41) is 14.6. The van der Waals surface area contributed by atoms with Crippen LogP contribution in [0.4, 0.5) is 0 Å². The van der Waals surface area contributed by atoms with E-state index >= 15 is 0 Å². The van der Waals surface area contributed by atoms with Gasteiger partial charge >= 0.3 is 5.97 Å². The van der Waals surface area contributed by atoms with Crippen LogP contribution in [0, 0.1) is 17.8 Å². The normalized spacial score (nSPS) is 16.2. The van der Waals surface area contributed by atoms with Gasteiger partial charge in [-0.05, 0) is 34.9 Å². The summed E-state index contributed by atoms with van der Waals surface area (Å²) >= 11 is 0. The number of rotatable bonds is 10. The van der Waals surface area contributed by atoms with Crippen molar-refractivity contribution in [3.05, 3.63) is 83.4 Å². The molecule has 1 aliphatic heterocycles. The second kappa shape index (κ2) is 10.9. The third kappa shape index (κ3) is 5.11. The molecule has 0 aromatic heterocycles. The predicted molar refractivity (Wildman–Crippen MR) is 139 cm³/mol. The van der Waals surface area contributed by atoms with Crippen molar-refractivity contribution in [1.82, 2.24) is 10.2 Å². The first-order valence-electron chi connectivity index (χ1n) is 12.4. The molecule has 0 saturated heterocycles. The van der Waals surface area contributed by atoms with E-state index in [0.29, 0.717) is 12.8 Å². The molecule has 4 rings (SSSR count). The molecule has 0 saturated carbocycles. The Morgan fingerprint density at radius 1 is 0.946 bits per heavy atom. The molecule has 0 radical (unpaired) electrons. The largest absolute Gasteiger partial charge is 0.481 e. The van der Waals surface area contributed by atoms with E-state index in [1.54, 1.807) is 19.1 Å². The van der Waals surface area contributed by atoms with Crippen LogP contribution >= 0.6 is 0 Å². The Balaban J connectivity index is 1.58. The van der Waals surface area contributed by atoms with Crippen LogP contribution in [0.25, 0.3) is 10.8 Å². The number of carboxylic acids is 1. The first-order chi connectivity index (χ1) is 17.7. The number of carbonyl (C=O) groups is 4. The van der Waals surface area contributed by atoms with Crippen LogP contribution < -0.4 is 11.1 Å². The fraction of sp³-hybridized carbons (Fsp3) is 0.310. The number of benzene rings is 3. The van der Waals surface area contributed by atoms with Crippen LogP contribution in [-0.4, -0.2) is 39.9 Å². The number of aliphatic carboxylic acids is 1. The summed E-state index contributed by atoms with van der Waals surface area (Å²) < 4.78 is 0. The van der Waals surface area contributed by atoms with Crippen LogP contribution in [0.15, 0.2) is 66.7 Å². The summed E-state index contributed by atoms with van der Waals surface area (Å²) in [4.78, 5) is 53.1. The van der Waals surface area contributed by atoms with E-state index in [9.17, 15) is 24.3 Å². The van der Waals surface area contributed by atoms with Gasteiger partial charge in [-0.25, -0.2) is 0 Å². The molecule has 3 amide bonds. The lowest BCUT2D eigenvalue weighted by atomic mass is 9.77. The van der Waals surface area contributed by atoms with Crippen LogP contribution in [-0.2, 0) is 16.1 Å². The van der Waals surface area contributed by atoms with E-state index in [2.05, 4.69) is 5.32 Å². The summed E-state index contributed by atoms with van der Waals surface area (Å²) in [5.41, 5.74) is 7.80. The molecular formula is C29H31N3O5. The number of amides is 3. The standard InChI is InChI=1S/C29H31N3O5/c1-3-9-21(26(33)31-16-18-10-5-4-6-11-18)24(29(36)37)17(2)25(30)32-27(34)22-14-19-12-7-8-13-20(19)15-23(22)28(32)35/h4-8,10-15,17,21,24-25H,3,9,16,30H2,1-2H3,(H,31,33)(H,36,37)/t17?,21-,24+,25?/m0/s1. The zero-order valence-electron chi connectivity index (χ0n) is 20.9. The van der Waals surface area contributed by atoms with Gasteiger partial charge in [0.05, 0.1) is 29.1 Å². The molecule has 1 aliphatic rings. The molecule has 0 bridgehead atoms. The highest BCUT2D eigenvalue weighted by Crippen LogP contribution is 2.34. The average Bonchev–Trinajstić information content (AvgIpc) is 3.14. The van der Waals surface area contributed by atoms with E-state index in [1.807, 2.05) is 61.5 Å². The average molecular weight is 502 g/mol. The van der Waals surface area contributed by atoms with Crippen molar-refractivity contribution in [2.45, 2.75) is 39.4 Å². The Bertz CT molecular complexity index is 1290. The fourth-order valence-corrected chi connectivity index (χ4v) is 5.13. The molecule has 1 heterocycles. The van der Waals surface area contributed by atoms with E-state index < -0.39 is 47.6 Å². The van der Waals surface area contributed by atoms with Gasteiger partial charge < -0.3 is 16.2 Å². The minimum Gasteiger partial charge on any atom is -0.481 e. The van der Waals surface area contributed by atoms with Gasteiger partial charge in [-0.3, -0.25) is 24.1 Å². The molecule has 8 nitrogen and oxygen atoms in total. The van der Waals surface area contributed by atoms with E-state index in [4.69, 9.17) is 5.73 Å². The summed E-state index contributed by atoms with van der Waals surface area (Å²) in [6.45, 7) is 3.71. The van der Waals surface area contributed by atoms with E-state index in [-0.39, 0.29) is 17.7 Å². The minimum absolute atomic E-state index is 0.240. The SMILES string of the molecule is CCC[C@H](C(=O)NCc1ccccc1)[C@H](C(=O)O)C(C)C(N)N1C(=O)c2cc3ccccc3cc2C1=O. The van der Waals surface area contributed by atoms with Crippen LogP contribution in [0.5, 0.6) is 0 Å². The lowest BCUT2D eigenvalue weighted by molar-refractivity contribution is -0.151. The maximum absolute atomic E-state index is 13.3. The first-order valence-corrected chi connectivity index (χ1v) is 12.4. The summed E-state index contributed by atoms with van der Waals surface area (Å²) in [6.07, 6.45) is -0.324. The number of hydrogen-bond acceptors (Lipinski definition) is 5. The van der Waals surface area contributed by atoms with Crippen molar-refractivity contribution in [2.24, 2.45) is 23.5 Å². The molecule has 4 atom stereocenters. The molecule has 4 N–H and O–H groups in total. The molecule has 3 aromatic rings. The predicted octanol–water partition coefficient (Wildman–Crippen LogP) is 3.79. The third-order valence-electron chi connectivity index (χ3n) is 7.15. The summed E-state index contributed by atoms with van der Waals surface area (Å²) in [6, 6.07) is 20.0. The first kappa shape index (κ1) is 26.0. The van der Waals surface area contributed by atoms with Gasteiger partial charge in [0, 0.05) is 12.5 Å². The van der Waals surface area contributed by atoms with E-state index in [0.717, 1.165) is 21.2 Å². The molecule has 0 aliphatic carbocycles. The number of carbonyl (C=O) groups excluding carboxylic acids is 3. The smallest absolute Gasteiger partial charge is 0.307 e. The van der Waals surface area contributed by atoms with Crippen molar-refractivity contribution >= 4 is 34.5 Å². The second-order valence-electron chi connectivity index (χ2n) is 9.54. The van der Waals surface area contributed by atoms with Gasteiger partial charge in [0.2, 0.25) is 5.91 Å². The maximum Gasteiger partial charge on any atom is 0.307 e. The zero-order valence-corrected chi connectivity index (χ0v) is 20.9. The van der Waals surface area contributed by atoms with Crippen molar-refractivity contribution in [3.8, 4) is 0 Å². The number of fused-ring (bicyclic) bond motifs is 2. The van der Waals surface area contributed by atoms with Crippen molar-refractivity contribution in [2.75, 3.05) is 0 Å². The van der Waals surface area contributed by atoms with Gasteiger partial charge in [0.25, 0.3) is 11.8 Å². The van der Waals surface area contributed by atoms with E-state index in [1.165, 1.54) is 0 Å². The van der Waals surface area contributed by atoms with Gasteiger partial charge in [-0.15, -0.1) is 0 Å². The van der Waals surface area contributed by atoms with Gasteiger partial charge in [0.1, 0.15) is 0 Å². The number of hydrogen-bond donors (Lipinski definition) is 3. The zero-order chi connectivity index (χ0) is 26.7. The van der Waals surface area contributed by atoms with Crippen molar-refractivity contribution < 1.29 is 24.3 Å². The number of imide groups is 1. The molecule has 0 fully saturated rings. The summed E-state index contributed by atoms with van der Waals surface area (Å²) in [7, 11) is 0.